The molecule has 0 aliphatic rings. The molecule has 0 amide bonds. The van der Waals surface area contributed by atoms with Crippen LogP contribution in [0.2, 0.25) is 5.02 Å². The molecule has 19 heavy (non-hydrogen) atoms. The van der Waals surface area contributed by atoms with Gasteiger partial charge < -0.3 is 10.3 Å². The van der Waals surface area contributed by atoms with E-state index in [1.54, 1.807) is 12.1 Å². The number of hydrogen-bond donors (Lipinski definition) is 1. The summed E-state index contributed by atoms with van der Waals surface area (Å²) in [5.41, 5.74) is 7.01. The molecule has 0 atom stereocenters. The summed E-state index contributed by atoms with van der Waals surface area (Å²) in [6.07, 6.45) is 0. The Balaban J connectivity index is 1.92. The normalized spacial score (nSPS) is 10.8. The Morgan fingerprint density at radius 2 is 2.00 bits per heavy atom. The van der Waals surface area contributed by atoms with Gasteiger partial charge in [0.2, 0.25) is 5.82 Å². The maximum Gasteiger partial charge on any atom is 0.277 e. The number of halogens is 1. The fourth-order valence-electron chi connectivity index (χ4n) is 1.55. The van der Waals surface area contributed by atoms with E-state index in [9.17, 15) is 0 Å². The quantitative estimate of drug-likeness (QED) is 0.803. The smallest absolute Gasteiger partial charge is 0.277 e. The Morgan fingerprint density at radius 1 is 1.21 bits per heavy atom. The molecule has 1 aromatic carbocycles. The average molecular weight is 293 g/mol. The van der Waals surface area contributed by atoms with Gasteiger partial charge in [-0.1, -0.05) is 16.8 Å². The van der Waals surface area contributed by atoms with E-state index in [1.807, 2.05) is 17.5 Å². The lowest BCUT2D eigenvalue weighted by atomic mass is 10.2. The van der Waals surface area contributed by atoms with Crippen molar-refractivity contribution in [1.82, 2.24) is 15.1 Å². The van der Waals surface area contributed by atoms with Crippen LogP contribution in [0, 0.1) is 0 Å². The predicted molar refractivity (Wildman–Crippen MR) is 73.7 cm³/mol. The molecule has 2 aromatic heterocycles. The summed E-state index contributed by atoms with van der Waals surface area (Å²) in [6.45, 7) is 0.406. The van der Waals surface area contributed by atoms with Crippen LogP contribution in [0.1, 0.15) is 5.01 Å². The van der Waals surface area contributed by atoms with E-state index < -0.39 is 0 Å². The first-order chi connectivity index (χ1) is 9.26. The molecule has 0 saturated heterocycles. The number of nitrogens with zero attached hydrogens (tertiary/aromatic N) is 3. The maximum atomic E-state index is 5.83. The van der Waals surface area contributed by atoms with Gasteiger partial charge in [-0.05, 0) is 24.3 Å². The van der Waals surface area contributed by atoms with Gasteiger partial charge in [-0.3, -0.25) is 0 Å². The molecule has 0 aliphatic carbocycles. The molecule has 0 bridgehead atoms. The van der Waals surface area contributed by atoms with Crippen molar-refractivity contribution in [3.8, 4) is 23.0 Å². The summed E-state index contributed by atoms with van der Waals surface area (Å²) in [5, 5.41) is 7.28. The van der Waals surface area contributed by atoms with Crippen LogP contribution in [0.15, 0.2) is 34.2 Å². The second kappa shape index (κ2) is 5.08. The Hall–Kier alpha value is -1.76. The van der Waals surface area contributed by atoms with Gasteiger partial charge in [0.05, 0.1) is 0 Å². The molecule has 2 N–H and O–H groups in total. The van der Waals surface area contributed by atoms with Gasteiger partial charge in [-0.2, -0.15) is 4.98 Å². The third-order valence-corrected chi connectivity index (χ3v) is 3.60. The van der Waals surface area contributed by atoms with Crippen LogP contribution in [0.4, 0.5) is 0 Å². The lowest BCUT2D eigenvalue weighted by molar-refractivity contribution is 0.431. The van der Waals surface area contributed by atoms with E-state index >= 15 is 0 Å². The highest BCUT2D eigenvalue weighted by atomic mass is 35.5. The van der Waals surface area contributed by atoms with Gasteiger partial charge in [0.25, 0.3) is 5.89 Å². The van der Waals surface area contributed by atoms with Crippen LogP contribution < -0.4 is 5.73 Å². The van der Waals surface area contributed by atoms with Crippen molar-refractivity contribution in [3.05, 3.63) is 39.7 Å². The minimum absolute atomic E-state index is 0.390. The van der Waals surface area contributed by atoms with E-state index in [0.717, 1.165) is 10.6 Å². The fourth-order valence-corrected chi connectivity index (χ4v) is 2.32. The maximum absolute atomic E-state index is 5.83. The molecular weight excluding hydrogens is 284 g/mol. The molecule has 3 aromatic rings. The number of aromatic nitrogens is 3. The van der Waals surface area contributed by atoms with Gasteiger partial charge in [0.1, 0.15) is 10.7 Å². The molecule has 7 heteroatoms. The highest BCUT2D eigenvalue weighted by Gasteiger charge is 2.13. The minimum Gasteiger partial charge on any atom is -0.332 e. The van der Waals surface area contributed by atoms with E-state index in [-0.39, 0.29) is 0 Å². The number of nitrogens with two attached hydrogens (primary N) is 1. The molecule has 0 unspecified atom stereocenters. The molecule has 0 saturated carbocycles. The molecule has 96 valence electrons. The highest BCUT2D eigenvalue weighted by molar-refractivity contribution is 7.09. The van der Waals surface area contributed by atoms with Crippen molar-refractivity contribution in [3.63, 3.8) is 0 Å². The molecule has 0 fully saturated rings. The predicted octanol–water partition coefficient (Wildman–Crippen LogP) is 2.97. The summed E-state index contributed by atoms with van der Waals surface area (Å²) in [4.78, 5) is 8.61. The van der Waals surface area contributed by atoms with Gasteiger partial charge in [-0.25, -0.2) is 4.98 Å². The zero-order valence-corrected chi connectivity index (χ0v) is 11.3. The third-order valence-electron chi connectivity index (χ3n) is 2.47. The topological polar surface area (TPSA) is 77.8 Å². The van der Waals surface area contributed by atoms with Gasteiger partial charge in [-0.15, -0.1) is 11.3 Å². The zero-order chi connectivity index (χ0) is 13.2. The number of thiazole rings is 1. The van der Waals surface area contributed by atoms with Crippen molar-refractivity contribution in [1.29, 1.82) is 0 Å². The summed E-state index contributed by atoms with van der Waals surface area (Å²) in [5.74, 6) is 0.898. The van der Waals surface area contributed by atoms with Crippen molar-refractivity contribution in [2.75, 3.05) is 0 Å². The third kappa shape index (κ3) is 2.51. The Labute approximate surface area is 118 Å². The Kier molecular flexibility index (Phi) is 3.29. The van der Waals surface area contributed by atoms with Crippen LogP contribution in [-0.4, -0.2) is 15.1 Å². The molecule has 3 rings (SSSR count). The molecule has 0 aliphatic heterocycles. The number of rotatable bonds is 3. The van der Waals surface area contributed by atoms with Crippen LogP contribution in [0.5, 0.6) is 0 Å². The van der Waals surface area contributed by atoms with Gasteiger partial charge in [0, 0.05) is 22.5 Å². The number of hydrogen-bond acceptors (Lipinski definition) is 6. The molecule has 0 radical (unpaired) electrons. The second-order valence-corrected chi connectivity index (χ2v) is 5.14. The van der Waals surface area contributed by atoms with Crippen molar-refractivity contribution < 1.29 is 4.52 Å². The van der Waals surface area contributed by atoms with Gasteiger partial charge >= 0.3 is 0 Å². The molecule has 0 spiro atoms. The first-order valence-electron chi connectivity index (χ1n) is 5.51. The standard InChI is InChI=1S/C12H9ClN4OS/c13-8-3-1-7(2-4-8)11-16-12(18-17-11)9-6-19-10(5-14)15-9/h1-4,6H,5,14H2. The van der Waals surface area contributed by atoms with E-state index in [1.165, 1.54) is 11.3 Å². The lowest BCUT2D eigenvalue weighted by Crippen LogP contribution is -1.94. The summed E-state index contributed by atoms with van der Waals surface area (Å²) >= 11 is 7.30. The zero-order valence-electron chi connectivity index (χ0n) is 9.71. The largest absolute Gasteiger partial charge is 0.332 e. The highest BCUT2D eigenvalue weighted by Crippen LogP contribution is 2.24. The van der Waals surface area contributed by atoms with Gasteiger partial charge in [0.15, 0.2) is 0 Å². The fraction of sp³-hybridized carbons (Fsp3) is 0.0833. The lowest BCUT2D eigenvalue weighted by Gasteiger charge is -1.92. The van der Waals surface area contributed by atoms with Crippen molar-refractivity contribution in [2.24, 2.45) is 5.73 Å². The first kappa shape index (κ1) is 12.3. The molecular formula is C12H9ClN4OS. The van der Waals surface area contributed by atoms with Crippen LogP contribution in [0.3, 0.4) is 0 Å². The van der Waals surface area contributed by atoms with Crippen molar-refractivity contribution >= 4 is 22.9 Å². The SMILES string of the molecule is NCc1nc(-c2nc(-c3ccc(Cl)cc3)no2)cs1. The Morgan fingerprint density at radius 3 is 2.68 bits per heavy atom. The summed E-state index contributed by atoms with van der Waals surface area (Å²) in [6, 6.07) is 7.23. The summed E-state index contributed by atoms with van der Waals surface area (Å²) in [7, 11) is 0. The van der Waals surface area contributed by atoms with Crippen LogP contribution in [0.25, 0.3) is 23.0 Å². The summed E-state index contributed by atoms with van der Waals surface area (Å²) < 4.78 is 5.20. The Bertz CT molecular complexity index is 692. The second-order valence-electron chi connectivity index (χ2n) is 3.76. The minimum atomic E-state index is 0.390. The molecule has 2 heterocycles. The van der Waals surface area contributed by atoms with E-state index in [2.05, 4.69) is 15.1 Å². The van der Waals surface area contributed by atoms with Crippen molar-refractivity contribution in [2.45, 2.75) is 6.54 Å². The monoisotopic (exact) mass is 292 g/mol. The van der Waals surface area contributed by atoms with Crippen LogP contribution in [-0.2, 0) is 6.54 Å². The first-order valence-corrected chi connectivity index (χ1v) is 6.76. The molecule has 5 nitrogen and oxygen atoms in total. The number of benzene rings is 1. The average Bonchev–Trinajstić information content (AvgIpc) is 3.08. The van der Waals surface area contributed by atoms with E-state index in [4.69, 9.17) is 21.9 Å². The van der Waals surface area contributed by atoms with Crippen LogP contribution >= 0.6 is 22.9 Å². The van der Waals surface area contributed by atoms with E-state index in [0.29, 0.717) is 29.0 Å².